The summed E-state index contributed by atoms with van der Waals surface area (Å²) >= 11 is 3.54. The molecule has 5 nitrogen and oxygen atoms in total. The molecule has 0 spiro atoms. The van der Waals surface area contributed by atoms with Crippen molar-refractivity contribution in [1.29, 1.82) is 0 Å². The second-order valence-electron chi connectivity index (χ2n) is 6.61. The van der Waals surface area contributed by atoms with Crippen LogP contribution in [-0.4, -0.2) is 15.5 Å². The van der Waals surface area contributed by atoms with Crippen molar-refractivity contribution in [2.24, 2.45) is 5.14 Å². The fourth-order valence-corrected chi connectivity index (χ4v) is 4.36. The van der Waals surface area contributed by atoms with Crippen molar-refractivity contribution < 1.29 is 17.9 Å². The molecular formula is C22H18BrNO4S. The van der Waals surface area contributed by atoms with Crippen LogP contribution in [-0.2, 0) is 16.4 Å². The number of benzene rings is 3. The normalized spacial score (nSPS) is 13.6. The van der Waals surface area contributed by atoms with Crippen molar-refractivity contribution in [3.05, 3.63) is 87.9 Å². The van der Waals surface area contributed by atoms with Crippen molar-refractivity contribution in [3.8, 4) is 11.5 Å². The molecule has 0 amide bonds. The zero-order valence-electron chi connectivity index (χ0n) is 15.6. The summed E-state index contributed by atoms with van der Waals surface area (Å²) in [7, 11) is -2.13. The lowest BCUT2D eigenvalue weighted by Crippen LogP contribution is -2.13. The van der Waals surface area contributed by atoms with Crippen molar-refractivity contribution in [2.75, 3.05) is 7.11 Å². The number of sulfonamides is 1. The van der Waals surface area contributed by atoms with Gasteiger partial charge in [-0.25, -0.2) is 13.6 Å². The van der Waals surface area contributed by atoms with E-state index in [1.165, 1.54) is 12.1 Å². The van der Waals surface area contributed by atoms with Gasteiger partial charge in [0.05, 0.1) is 16.5 Å². The van der Waals surface area contributed by atoms with Crippen molar-refractivity contribution >= 4 is 37.3 Å². The molecule has 4 rings (SSSR count). The third-order valence-corrected chi connectivity index (χ3v) is 6.32. The Morgan fingerprint density at radius 2 is 1.69 bits per heavy atom. The van der Waals surface area contributed by atoms with Gasteiger partial charge in [-0.2, -0.15) is 0 Å². The highest BCUT2D eigenvalue weighted by Gasteiger charge is 2.23. The largest absolute Gasteiger partial charge is 0.496 e. The first-order valence-corrected chi connectivity index (χ1v) is 11.2. The van der Waals surface area contributed by atoms with E-state index in [1.807, 2.05) is 42.5 Å². The molecular weight excluding hydrogens is 454 g/mol. The molecule has 148 valence electrons. The number of methoxy groups -OCH3 is 1. The molecule has 0 saturated carbocycles. The van der Waals surface area contributed by atoms with Crippen LogP contribution in [0.1, 0.15) is 16.7 Å². The highest BCUT2D eigenvalue weighted by atomic mass is 79.9. The minimum atomic E-state index is -3.75. The van der Waals surface area contributed by atoms with Gasteiger partial charge in [-0.15, -0.1) is 0 Å². The summed E-state index contributed by atoms with van der Waals surface area (Å²) in [6.45, 7) is 0. The van der Waals surface area contributed by atoms with Gasteiger partial charge in [-0.1, -0.05) is 24.3 Å². The van der Waals surface area contributed by atoms with Gasteiger partial charge < -0.3 is 9.47 Å². The van der Waals surface area contributed by atoms with Gasteiger partial charge in [-0.3, -0.25) is 0 Å². The van der Waals surface area contributed by atoms with Gasteiger partial charge >= 0.3 is 0 Å². The molecule has 0 aliphatic carbocycles. The smallest absolute Gasteiger partial charge is 0.238 e. The zero-order valence-corrected chi connectivity index (χ0v) is 18.0. The second kappa shape index (κ2) is 7.67. The quantitative estimate of drug-likeness (QED) is 0.602. The monoisotopic (exact) mass is 471 g/mol. The third kappa shape index (κ3) is 3.94. The Labute approximate surface area is 178 Å². The lowest BCUT2D eigenvalue weighted by atomic mass is 9.92. The maximum atomic E-state index is 11.6. The summed E-state index contributed by atoms with van der Waals surface area (Å²) in [4.78, 5) is 0.0619. The molecule has 0 unspecified atom stereocenters. The average Bonchev–Trinajstić information content (AvgIpc) is 2.72. The van der Waals surface area contributed by atoms with E-state index in [-0.39, 0.29) is 4.90 Å². The lowest BCUT2D eigenvalue weighted by molar-refractivity contribution is 0.412. The van der Waals surface area contributed by atoms with Crippen LogP contribution in [0.2, 0.25) is 0 Å². The predicted molar refractivity (Wildman–Crippen MR) is 116 cm³/mol. The summed E-state index contributed by atoms with van der Waals surface area (Å²) < 4.78 is 35.6. The molecule has 1 aliphatic heterocycles. The van der Waals surface area contributed by atoms with E-state index in [1.54, 1.807) is 19.2 Å². The Bertz CT molecular complexity index is 1220. The van der Waals surface area contributed by atoms with E-state index in [2.05, 4.69) is 15.9 Å². The fourth-order valence-electron chi connectivity index (χ4n) is 3.31. The molecule has 0 bridgehead atoms. The number of halogens is 1. The van der Waals surface area contributed by atoms with E-state index in [9.17, 15) is 8.42 Å². The molecule has 7 heteroatoms. The zero-order chi connectivity index (χ0) is 20.6. The number of hydrogen-bond donors (Lipinski definition) is 1. The molecule has 0 saturated heterocycles. The first kappa shape index (κ1) is 19.7. The molecule has 1 aliphatic rings. The third-order valence-electron chi connectivity index (χ3n) is 4.77. The van der Waals surface area contributed by atoms with Gasteiger partial charge in [0.15, 0.2) is 0 Å². The first-order chi connectivity index (χ1) is 13.9. The number of fused-ring (bicyclic) bond motifs is 1. The Kier molecular flexibility index (Phi) is 5.21. The van der Waals surface area contributed by atoms with Gasteiger partial charge in [-0.05, 0) is 69.5 Å². The number of allylic oxidation sites excluding steroid dienone is 1. The second-order valence-corrected chi connectivity index (χ2v) is 9.03. The van der Waals surface area contributed by atoms with Crippen LogP contribution < -0.4 is 14.6 Å². The van der Waals surface area contributed by atoms with E-state index in [0.29, 0.717) is 12.2 Å². The average molecular weight is 472 g/mol. The van der Waals surface area contributed by atoms with E-state index < -0.39 is 10.0 Å². The SMILES string of the molecule is COc1ccc(C2=C(c3ccc(S(N)(=O)=O)cc3)Oc3ccccc3C2)cc1Br. The molecule has 0 fully saturated rings. The van der Waals surface area contributed by atoms with Gasteiger partial charge in [0.1, 0.15) is 17.3 Å². The molecule has 0 aromatic heterocycles. The number of para-hydroxylation sites is 1. The van der Waals surface area contributed by atoms with Crippen LogP contribution in [0.25, 0.3) is 11.3 Å². The molecule has 3 aromatic rings. The molecule has 2 N–H and O–H groups in total. The Balaban J connectivity index is 1.86. The lowest BCUT2D eigenvalue weighted by Gasteiger charge is -2.24. The molecule has 0 radical (unpaired) electrons. The van der Waals surface area contributed by atoms with Gasteiger partial charge in [0, 0.05) is 17.6 Å². The number of primary sulfonamides is 1. The summed E-state index contributed by atoms with van der Waals surface area (Å²) in [5, 5.41) is 5.22. The summed E-state index contributed by atoms with van der Waals surface area (Å²) in [5.41, 5.74) is 3.83. The van der Waals surface area contributed by atoms with Gasteiger partial charge in [0.25, 0.3) is 0 Å². The highest BCUT2D eigenvalue weighted by molar-refractivity contribution is 9.10. The van der Waals surface area contributed by atoms with E-state index >= 15 is 0 Å². The van der Waals surface area contributed by atoms with Crippen LogP contribution in [0.3, 0.4) is 0 Å². The maximum absolute atomic E-state index is 11.6. The Hall–Kier alpha value is -2.61. The highest BCUT2D eigenvalue weighted by Crippen LogP contribution is 2.40. The fraction of sp³-hybridized carbons (Fsp3) is 0.0909. The summed E-state index contributed by atoms with van der Waals surface area (Å²) in [6, 6.07) is 20.1. The van der Waals surface area contributed by atoms with Crippen LogP contribution in [0.5, 0.6) is 11.5 Å². The van der Waals surface area contributed by atoms with Crippen molar-refractivity contribution in [3.63, 3.8) is 0 Å². The number of hydrogen-bond acceptors (Lipinski definition) is 4. The molecule has 1 heterocycles. The number of rotatable bonds is 4. The van der Waals surface area contributed by atoms with Crippen LogP contribution >= 0.6 is 15.9 Å². The topological polar surface area (TPSA) is 78.6 Å². The Morgan fingerprint density at radius 1 is 1.00 bits per heavy atom. The number of ether oxygens (including phenoxy) is 2. The van der Waals surface area contributed by atoms with Crippen molar-refractivity contribution in [1.82, 2.24) is 0 Å². The van der Waals surface area contributed by atoms with Gasteiger partial charge in [0.2, 0.25) is 10.0 Å². The first-order valence-electron chi connectivity index (χ1n) is 8.83. The summed E-state index contributed by atoms with van der Waals surface area (Å²) in [6.07, 6.45) is 0.682. The minimum absolute atomic E-state index is 0.0619. The minimum Gasteiger partial charge on any atom is -0.496 e. The molecule has 0 atom stereocenters. The Morgan fingerprint density at radius 3 is 2.34 bits per heavy atom. The maximum Gasteiger partial charge on any atom is 0.238 e. The molecule has 29 heavy (non-hydrogen) atoms. The standard InChI is InChI=1S/C22H18BrNO4S/c1-27-21-11-8-15(13-19(21)23)18-12-16-4-2-3-5-20(16)28-22(18)14-6-9-17(10-7-14)29(24,25)26/h2-11,13H,12H2,1H3,(H2,24,25,26). The predicted octanol–water partition coefficient (Wildman–Crippen LogP) is 4.61. The molecule has 3 aromatic carbocycles. The van der Waals surface area contributed by atoms with E-state index in [0.717, 1.165) is 38.2 Å². The van der Waals surface area contributed by atoms with Crippen LogP contribution in [0.15, 0.2) is 76.1 Å². The van der Waals surface area contributed by atoms with E-state index in [4.69, 9.17) is 14.6 Å². The van der Waals surface area contributed by atoms with Crippen LogP contribution in [0, 0.1) is 0 Å². The number of nitrogens with two attached hydrogens (primary N) is 1. The van der Waals surface area contributed by atoms with Crippen LogP contribution in [0.4, 0.5) is 0 Å². The summed E-state index contributed by atoms with van der Waals surface area (Å²) in [5.74, 6) is 2.21. The van der Waals surface area contributed by atoms with Crippen molar-refractivity contribution in [2.45, 2.75) is 11.3 Å².